The fourth-order valence-electron chi connectivity index (χ4n) is 7.63. The number of carbonyl (C=O) groups is 2. The Hall–Kier alpha value is -3.18. The fourth-order valence-corrected chi connectivity index (χ4v) is 7.63. The molecule has 3 rings (SSSR count). The lowest BCUT2D eigenvalue weighted by atomic mass is 9.82. The lowest BCUT2D eigenvalue weighted by Crippen LogP contribution is -2.59. The van der Waals surface area contributed by atoms with Crippen LogP contribution in [0.1, 0.15) is 84.5 Å². The van der Waals surface area contributed by atoms with Gasteiger partial charge in [0.25, 0.3) is 0 Å². The molecule has 0 radical (unpaired) electrons. The molecule has 0 aromatic rings. The topological polar surface area (TPSA) is 320 Å². The summed E-state index contributed by atoms with van der Waals surface area (Å²) in [6.45, 7) is 3.20. The largest absolute Gasteiger partial charge is 0.481 e. The van der Waals surface area contributed by atoms with Gasteiger partial charge in [0.05, 0.1) is 80.1 Å². The van der Waals surface area contributed by atoms with Gasteiger partial charge in [-0.2, -0.15) is 0 Å². The first-order valence-corrected chi connectivity index (χ1v) is 21.8. The highest BCUT2D eigenvalue weighted by Gasteiger charge is 2.51. The monoisotopic (exact) mass is 897 g/mol. The van der Waals surface area contributed by atoms with Crippen LogP contribution in [0, 0.1) is 11.8 Å². The molecule has 13 N–H and O–H groups in total. The van der Waals surface area contributed by atoms with E-state index in [-0.39, 0.29) is 51.0 Å². The molecule has 3 heterocycles. The summed E-state index contributed by atoms with van der Waals surface area (Å²) >= 11 is 0. The molecule has 0 aromatic heterocycles. The van der Waals surface area contributed by atoms with Gasteiger partial charge in [-0.1, -0.05) is 79.8 Å². The van der Waals surface area contributed by atoms with Crippen molar-refractivity contribution in [3.63, 3.8) is 0 Å². The first-order chi connectivity index (χ1) is 29.8. The van der Waals surface area contributed by atoms with Crippen molar-refractivity contribution in [2.24, 2.45) is 17.6 Å². The van der Waals surface area contributed by atoms with Crippen molar-refractivity contribution in [1.82, 2.24) is 0 Å². The summed E-state index contributed by atoms with van der Waals surface area (Å²) in [5.74, 6) is -6.34. The Morgan fingerprint density at radius 3 is 2.00 bits per heavy atom. The highest BCUT2D eigenvalue weighted by molar-refractivity contribution is 5.71. The summed E-state index contributed by atoms with van der Waals surface area (Å²) in [7, 11) is 0. The molecule has 3 aliphatic rings. The Balaban J connectivity index is 1.81. The van der Waals surface area contributed by atoms with Gasteiger partial charge in [-0.05, 0) is 45.4 Å². The Morgan fingerprint density at radius 1 is 0.714 bits per heavy atom. The SMILES string of the molecule is C[C@H]1C[C@H](O)[C@@H](C)/C=C/C=C/CC/C=C/C=C/C=C/C=C/C(OC2OC[C@@H](O)[C@H](N)[C@H]2O)C[C@@H]2OC(O)(CC(O)C(O)CCC(O)C[C@@H](O)CC(O)CC(=O)O1)C[C@H](O)[C@H]2C(=O)O. The fraction of sp³-hybridized carbons (Fsp3) is 0.689. The van der Waals surface area contributed by atoms with Gasteiger partial charge in [-0.25, -0.2) is 0 Å². The van der Waals surface area contributed by atoms with Crippen LogP contribution < -0.4 is 5.73 Å². The number of hydrogen-bond donors (Lipinski definition) is 12. The molecule has 63 heavy (non-hydrogen) atoms. The number of ether oxygens (including phenoxy) is 4. The molecule has 0 spiro atoms. The lowest BCUT2D eigenvalue weighted by Gasteiger charge is -2.45. The minimum absolute atomic E-state index is 0.134. The maximum atomic E-state index is 12.5. The number of nitrogens with two attached hydrogens (primary N) is 1. The van der Waals surface area contributed by atoms with Crippen molar-refractivity contribution in [1.29, 1.82) is 0 Å². The highest BCUT2D eigenvalue weighted by atomic mass is 16.7. The lowest BCUT2D eigenvalue weighted by molar-refractivity contribution is -0.307. The van der Waals surface area contributed by atoms with Gasteiger partial charge in [-0.15, -0.1) is 0 Å². The molecule has 18 heteroatoms. The second-order valence-electron chi connectivity index (χ2n) is 17.0. The number of aliphatic hydroxyl groups is 10. The van der Waals surface area contributed by atoms with Crippen LogP contribution in [-0.2, 0) is 28.5 Å². The third-order valence-corrected chi connectivity index (χ3v) is 11.3. The minimum atomic E-state index is -2.35. The number of carboxylic acids is 1. The molecule has 18 nitrogen and oxygen atoms in total. The van der Waals surface area contributed by atoms with Crippen LogP contribution in [0.3, 0.4) is 0 Å². The molecule has 0 saturated carbocycles. The van der Waals surface area contributed by atoms with Crippen LogP contribution in [0.2, 0.25) is 0 Å². The maximum Gasteiger partial charge on any atom is 0.311 e. The van der Waals surface area contributed by atoms with E-state index in [9.17, 15) is 65.8 Å². The van der Waals surface area contributed by atoms with Crippen molar-refractivity contribution in [2.45, 2.75) is 176 Å². The number of aliphatic carboxylic acids is 1. The van der Waals surface area contributed by atoms with Crippen molar-refractivity contribution < 1.29 is 84.7 Å². The van der Waals surface area contributed by atoms with Crippen LogP contribution >= 0.6 is 0 Å². The second kappa shape index (κ2) is 27.3. The molecule has 2 saturated heterocycles. The molecule has 7 unspecified atom stereocenters. The number of allylic oxidation sites excluding steroid dienone is 10. The van der Waals surface area contributed by atoms with Crippen LogP contribution in [0.5, 0.6) is 0 Å². The number of carboxylic acid groups (broad SMARTS) is 1. The molecular weight excluding hydrogens is 826 g/mol. The average Bonchev–Trinajstić information content (AvgIpc) is 3.18. The standard InChI is InChI=1S/C45H71NO17/c1-27-15-13-11-9-7-5-3-4-6-8-10-12-14-16-32(62-44-42(56)41(46)37(54)26-60-44)23-38-40(43(57)58)36(53)25-45(59,63-38)24-35(52)33(50)18-17-29(47)20-30(48)21-31(49)22-39(55)61-28(2)19-34(27)51/h3-4,6,8-16,27-38,40-42,44,47-54,56,59H,5,7,17-26,46H2,1-2H3,(H,57,58)/b4-3+,8-6+,11-9+,12-10+,15-13+,16-14+/t27-,28-,29?,30+,31?,32?,33?,34-,35?,36-,37+,38-,40+,41-,42+,44?,45?/m0/s1. The molecule has 2 bridgehead atoms. The van der Waals surface area contributed by atoms with E-state index in [0.29, 0.717) is 0 Å². The van der Waals surface area contributed by atoms with Crippen LogP contribution in [0.25, 0.3) is 0 Å². The minimum Gasteiger partial charge on any atom is -0.481 e. The van der Waals surface area contributed by atoms with E-state index in [4.69, 9.17) is 24.7 Å². The number of carbonyl (C=O) groups excluding carboxylic acids is 1. The summed E-state index contributed by atoms with van der Waals surface area (Å²) in [4.78, 5) is 24.9. The predicted octanol–water partition coefficient (Wildman–Crippen LogP) is 0.301. The Morgan fingerprint density at radius 2 is 1.32 bits per heavy atom. The van der Waals surface area contributed by atoms with Crippen molar-refractivity contribution in [3.8, 4) is 0 Å². The zero-order chi connectivity index (χ0) is 46.7. The van der Waals surface area contributed by atoms with Gasteiger partial charge >= 0.3 is 11.9 Å². The molecule has 0 amide bonds. The van der Waals surface area contributed by atoms with Crippen molar-refractivity contribution in [3.05, 3.63) is 72.9 Å². The summed E-state index contributed by atoms with van der Waals surface area (Å²) < 4.78 is 22.7. The number of hydrogen-bond acceptors (Lipinski definition) is 17. The van der Waals surface area contributed by atoms with E-state index < -0.39 is 128 Å². The summed E-state index contributed by atoms with van der Waals surface area (Å²) in [5.41, 5.74) is 5.93. The number of esters is 1. The summed E-state index contributed by atoms with van der Waals surface area (Å²) in [6.07, 6.45) is 3.49. The van der Waals surface area contributed by atoms with E-state index in [0.717, 1.165) is 12.8 Å². The van der Waals surface area contributed by atoms with Gasteiger partial charge in [0.1, 0.15) is 18.1 Å². The molecule has 358 valence electrons. The van der Waals surface area contributed by atoms with Gasteiger partial charge in [0.15, 0.2) is 12.1 Å². The van der Waals surface area contributed by atoms with Gasteiger partial charge in [0, 0.05) is 31.6 Å². The van der Waals surface area contributed by atoms with Crippen molar-refractivity contribution in [2.75, 3.05) is 6.61 Å². The number of aliphatic hydroxyl groups excluding tert-OH is 9. The molecule has 0 aromatic carbocycles. The highest BCUT2D eigenvalue weighted by Crippen LogP contribution is 2.38. The Kier molecular flexibility index (Phi) is 23.5. The van der Waals surface area contributed by atoms with Crippen LogP contribution in [0.15, 0.2) is 72.9 Å². The number of rotatable bonds is 3. The summed E-state index contributed by atoms with van der Waals surface area (Å²) in [5, 5.41) is 117. The first kappa shape index (κ1) is 54.2. The van der Waals surface area contributed by atoms with E-state index >= 15 is 0 Å². The normalized spacial score (nSPS) is 43.9. The number of fused-ring (bicyclic) bond motifs is 2. The molecule has 17 atom stereocenters. The van der Waals surface area contributed by atoms with E-state index in [2.05, 4.69) is 0 Å². The van der Waals surface area contributed by atoms with Crippen molar-refractivity contribution >= 4 is 11.9 Å². The predicted molar refractivity (Wildman–Crippen MR) is 228 cm³/mol. The van der Waals surface area contributed by atoms with Gasteiger partial charge in [-0.3, -0.25) is 9.59 Å². The zero-order valence-electron chi connectivity index (χ0n) is 36.1. The van der Waals surface area contributed by atoms with Crippen LogP contribution in [-0.4, -0.2) is 166 Å². The van der Waals surface area contributed by atoms with Gasteiger partial charge in [0.2, 0.25) is 0 Å². The Labute approximate surface area is 368 Å². The third-order valence-electron chi connectivity index (χ3n) is 11.3. The quantitative estimate of drug-likeness (QED) is 0.170. The number of cyclic esters (lactones) is 1. The third kappa shape index (κ3) is 19.4. The van der Waals surface area contributed by atoms with Gasteiger partial charge < -0.3 is 80.9 Å². The Bertz CT molecular complexity index is 1550. The van der Waals surface area contributed by atoms with Crippen LogP contribution in [0.4, 0.5) is 0 Å². The molecule has 2 fully saturated rings. The smallest absolute Gasteiger partial charge is 0.311 e. The maximum absolute atomic E-state index is 12.5. The molecule has 3 aliphatic heterocycles. The zero-order valence-corrected chi connectivity index (χ0v) is 36.1. The van der Waals surface area contributed by atoms with E-state index in [1.54, 1.807) is 31.2 Å². The van der Waals surface area contributed by atoms with E-state index in [1.165, 1.54) is 6.08 Å². The average molecular weight is 898 g/mol. The van der Waals surface area contributed by atoms with E-state index in [1.807, 2.05) is 49.5 Å². The second-order valence-corrected chi connectivity index (χ2v) is 17.0. The first-order valence-electron chi connectivity index (χ1n) is 21.8. The molecule has 0 aliphatic carbocycles. The molecular formula is C45H71NO17. The summed E-state index contributed by atoms with van der Waals surface area (Å²) in [6, 6.07) is -1.12.